The summed E-state index contributed by atoms with van der Waals surface area (Å²) in [5, 5.41) is 8.45. The second-order valence-corrected chi connectivity index (χ2v) is 3.69. The van der Waals surface area contributed by atoms with Crippen LogP contribution in [0.25, 0.3) is 0 Å². The first-order valence-electron chi connectivity index (χ1n) is 3.76. The predicted molar refractivity (Wildman–Crippen MR) is 53.2 cm³/mol. The molecule has 0 aliphatic carbocycles. The minimum atomic E-state index is -2.93. The van der Waals surface area contributed by atoms with Crippen molar-refractivity contribution >= 4 is 28.6 Å². The average molecular weight is 331 g/mol. The van der Waals surface area contributed by atoms with Crippen molar-refractivity contribution in [2.45, 2.75) is 12.8 Å². The second kappa shape index (κ2) is 4.77. The number of hydrogen-bond donors (Lipinski definition) is 1. The first-order chi connectivity index (χ1) is 6.91. The highest BCUT2D eigenvalue weighted by Crippen LogP contribution is 2.24. The number of rotatable bonds is 3. The van der Waals surface area contributed by atoms with Crippen molar-refractivity contribution in [2.75, 3.05) is 0 Å². The van der Waals surface area contributed by atoms with Gasteiger partial charge in [0.25, 0.3) is 6.43 Å². The van der Waals surface area contributed by atoms with Gasteiger partial charge >= 0.3 is 5.97 Å². The lowest BCUT2D eigenvalue weighted by atomic mass is 10.1. The van der Waals surface area contributed by atoms with Gasteiger partial charge in [-0.2, -0.15) is 0 Å². The predicted octanol–water partition coefficient (Wildman–Crippen LogP) is 2.39. The third-order valence-corrected chi connectivity index (χ3v) is 2.36. The van der Waals surface area contributed by atoms with E-state index in [1.54, 1.807) is 0 Å². The Hall–Kier alpha value is -0.860. The van der Waals surface area contributed by atoms with E-state index >= 15 is 0 Å². The summed E-state index contributed by atoms with van der Waals surface area (Å²) in [5.74, 6) is -2.16. The molecule has 1 aromatic heterocycles. The SMILES string of the molecule is O=C(O)Cc1nc(I)c(F)cc1C(F)F. The molecule has 0 bridgehead atoms. The molecule has 82 valence electrons. The summed E-state index contributed by atoms with van der Waals surface area (Å²) in [6, 6.07) is 0.623. The van der Waals surface area contributed by atoms with Crippen LogP contribution in [0.15, 0.2) is 6.07 Å². The fourth-order valence-corrected chi connectivity index (χ4v) is 1.44. The normalized spacial score (nSPS) is 10.7. The van der Waals surface area contributed by atoms with E-state index in [0.717, 1.165) is 0 Å². The molecule has 1 heterocycles. The second-order valence-electron chi connectivity index (χ2n) is 2.67. The lowest BCUT2D eigenvalue weighted by Crippen LogP contribution is -2.08. The van der Waals surface area contributed by atoms with E-state index < -0.39 is 30.2 Å². The number of carboxylic acids is 1. The van der Waals surface area contributed by atoms with Gasteiger partial charge in [-0.15, -0.1) is 0 Å². The Morgan fingerprint density at radius 2 is 2.20 bits per heavy atom. The molecule has 0 spiro atoms. The maximum atomic E-state index is 12.9. The van der Waals surface area contributed by atoms with Gasteiger partial charge in [0.1, 0.15) is 3.70 Å². The highest BCUT2D eigenvalue weighted by atomic mass is 127. The van der Waals surface area contributed by atoms with Crippen molar-refractivity contribution in [3.63, 3.8) is 0 Å². The number of halogens is 4. The molecular formula is C8H5F3INO2. The molecule has 0 saturated carbocycles. The maximum absolute atomic E-state index is 12.9. The number of aromatic nitrogens is 1. The molecule has 0 saturated heterocycles. The van der Waals surface area contributed by atoms with Crippen LogP contribution in [0.5, 0.6) is 0 Å². The monoisotopic (exact) mass is 331 g/mol. The van der Waals surface area contributed by atoms with Crippen molar-refractivity contribution in [2.24, 2.45) is 0 Å². The molecule has 0 atom stereocenters. The molecule has 15 heavy (non-hydrogen) atoms. The minimum absolute atomic E-state index is 0.117. The van der Waals surface area contributed by atoms with Crippen LogP contribution < -0.4 is 0 Å². The van der Waals surface area contributed by atoms with E-state index in [4.69, 9.17) is 5.11 Å². The van der Waals surface area contributed by atoms with Gasteiger partial charge in [0, 0.05) is 5.56 Å². The number of carboxylic acid groups (broad SMARTS) is 1. The van der Waals surface area contributed by atoms with Crippen LogP contribution in [0.2, 0.25) is 0 Å². The lowest BCUT2D eigenvalue weighted by Gasteiger charge is -2.07. The summed E-state index contributed by atoms with van der Waals surface area (Å²) in [6.45, 7) is 0. The Kier molecular flexibility index (Phi) is 3.89. The van der Waals surface area contributed by atoms with Crippen LogP contribution in [0, 0.1) is 9.52 Å². The largest absolute Gasteiger partial charge is 0.481 e. The van der Waals surface area contributed by atoms with E-state index in [1.807, 2.05) is 0 Å². The molecule has 1 rings (SSSR count). The summed E-state index contributed by atoms with van der Waals surface area (Å²) in [7, 11) is 0. The smallest absolute Gasteiger partial charge is 0.309 e. The van der Waals surface area contributed by atoms with Crippen molar-refractivity contribution in [3.05, 3.63) is 26.8 Å². The van der Waals surface area contributed by atoms with Gasteiger partial charge in [-0.1, -0.05) is 0 Å². The van der Waals surface area contributed by atoms with E-state index in [1.165, 1.54) is 22.6 Å². The summed E-state index contributed by atoms with van der Waals surface area (Å²) in [6.07, 6.45) is -3.57. The van der Waals surface area contributed by atoms with Crippen molar-refractivity contribution in [1.82, 2.24) is 4.98 Å². The van der Waals surface area contributed by atoms with Crippen LogP contribution in [0.4, 0.5) is 13.2 Å². The van der Waals surface area contributed by atoms with Gasteiger partial charge in [0.15, 0.2) is 5.82 Å². The maximum Gasteiger partial charge on any atom is 0.309 e. The number of alkyl halides is 2. The molecule has 7 heteroatoms. The van der Waals surface area contributed by atoms with E-state index in [9.17, 15) is 18.0 Å². The standard InChI is InChI=1S/C8H5F3INO2/c9-4-1-3(7(10)11)5(2-6(14)15)13-8(4)12/h1,7H,2H2,(H,14,15). The molecule has 0 unspecified atom stereocenters. The van der Waals surface area contributed by atoms with Gasteiger partial charge in [-0.25, -0.2) is 18.2 Å². The Bertz CT molecular complexity index is 398. The molecule has 0 aliphatic rings. The van der Waals surface area contributed by atoms with Crippen LogP contribution in [-0.4, -0.2) is 16.1 Å². The zero-order valence-corrected chi connectivity index (χ0v) is 9.33. The Morgan fingerprint density at radius 1 is 1.60 bits per heavy atom. The van der Waals surface area contributed by atoms with Crippen LogP contribution in [-0.2, 0) is 11.2 Å². The third kappa shape index (κ3) is 3.05. The first kappa shape index (κ1) is 12.2. The summed E-state index contributed by atoms with van der Waals surface area (Å²) in [4.78, 5) is 13.8. The first-order valence-corrected chi connectivity index (χ1v) is 4.84. The number of carbonyl (C=O) groups is 1. The zero-order chi connectivity index (χ0) is 11.6. The number of pyridine rings is 1. The summed E-state index contributed by atoms with van der Waals surface area (Å²) in [5.41, 5.74) is -0.974. The molecule has 0 amide bonds. The van der Waals surface area contributed by atoms with Crippen LogP contribution >= 0.6 is 22.6 Å². The van der Waals surface area contributed by atoms with Gasteiger partial charge in [-0.05, 0) is 28.7 Å². The topological polar surface area (TPSA) is 50.2 Å². The molecular weight excluding hydrogens is 326 g/mol. The summed E-state index contributed by atoms with van der Waals surface area (Å²) >= 11 is 1.51. The zero-order valence-electron chi connectivity index (χ0n) is 7.18. The Balaban J connectivity index is 3.21. The number of hydrogen-bond acceptors (Lipinski definition) is 2. The number of nitrogens with zero attached hydrogens (tertiary/aromatic N) is 1. The quantitative estimate of drug-likeness (QED) is 0.684. The Morgan fingerprint density at radius 3 is 2.67 bits per heavy atom. The van der Waals surface area contributed by atoms with Gasteiger partial charge in [-0.3, -0.25) is 4.79 Å². The molecule has 0 aromatic carbocycles. The lowest BCUT2D eigenvalue weighted by molar-refractivity contribution is -0.136. The fourth-order valence-electron chi connectivity index (χ4n) is 0.990. The van der Waals surface area contributed by atoms with Gasteiger partial charge in [0.05, 0.1) is 12.1 Å². The van der Waals surface area contributed by atoms with Crippen LogP contribution in [0.3, 0.4) is 0 Å². The number of aliphatic carboxylic acids is 1. The molecule has 0 aliphatic heterocycles. The fraction of sp³-hybridized carbons (Fsp3) is 0.250. The molecule has 1 N–H and O–H groups in total. The van der Waals surface area contributed by atoms with Crippen molar-refractivity contribution < 1.29 is 23.1 Å². The van der Waals surface area contributed by atoms with E-state index in [-0.39, 0.29) is 9.39 Å². The van der Waals surface area contributed by atoms with E-state index in [0.29, 0.717) is 6.07 Å². The molecule has 0 radical (unpaired) electrons. The highest BCUT2D eigenvalue weighted by molar-refractivity contribution is 14.1. The van der Waals surface area contributed by atoms with Gasteiger partial charge < -0.3 is 5.11 Å². The summed E-state index contributed by atoms with van der Waals surface area (Å²) < 4.78 is 37.6. The third-order valence-electron chi connectivity index (χ3n) is 1.60. The van der Waals surface area contributed by atoms with E-state index in [2.05, 4.69) is 4.98 Å². The van der Waals surface area contributed by atoms with Crippen molar-refractivity contribution in [3.8, 4) is 0 Å². The molecule has 3 nitrogen and oxygen atoms in total. The molecule has 1 aromatic rings. The highest BCUT2D eigenvalue weighted by Gasteiger charge is 2.19. The molecule has 0 fully saturated rings. The van der Waals surface area contributed by atoms with Crippen LogP contribution in [0.1, 0.15) is 17.7 Å². The van der Waals surface area contributed by atoms with Crippen molar-refractivity contribution in [1.29, 1.82) is 0 Å². The Labute approximate surface area is 96.5 Å². The minimum Gasteiger partial charge on any atom is -0.481 e. The average Bonchev–Trinajstić information content (AvgIpc) is 2.09. The van der Waals surface area contributed by atoms with Gasteiger partial charge in [0.2, 0.25) is 0 Å².